The molecular formula is C11H14N2O2S. The van der Waals surface area contributed by atoms with Gasteiger partial charge in [0.1, 0.15) is 11.4 Å². The number of thioether (sulfide) groups is 1. The third kappa shape index (κ3) is 2.29. The zero-order chi connectivity index (χ0) is 11.4. The molecule has 0 unspecified atom stereocenters. The van der Waals surface area contributed by atoms with Gasteiger partial charge in [-0.1, -0.05) is 0 Å². The van der Waals surface area contributed by atoms with Gasteiger partial charge in [0.05, 0.1) is 7.11 Å². The molecule has 1 saturated heterocycles. The summed E-state index contributed by atoms with van der Waals surface area (Å²) in [7, 11) is 1.56. The van der Waals surface area contributed by atoms with Crippen LogP contribution in [0.15, 0.2) is 23.4 Å². The molecule has 1 aliphatic rings. The van der Waals surface area contributed by atoms with Crippen molar-refractivity contribution in [1.82, 2.24) is 0 Å². The van der Waals surface area contributed by atoms with Crippen molar-refractivity contribution >= 4 is 23.1 Å². The van der Waals surface area contributed by atoms with Crippen LogP contribution in [0.25, 0.3) is 0 Å². The van der Waals surface area contributed by atoms with Crippen molar-refractivity contribution in [3.8, 4) is 5.75 Å². The molecule has 16 heavy (non-hydrogen) atoms. The Balaban J connectivity index is 2.24. The molecule has 0 aromatic heterocycles. The lowest BCUT2D eigenvalue weighted by molar-refractivity contribution is 0.416. The van der Waals surface area contributed by atoms with Gasteiger partial charge < -0.3 is 9.64 Å². The van der Waals surface area contributed by atoms with E-state index in [0.29, 0.717) is 11.4 Å². The summed E-state index contributed by atoms with van der Waals surface area (Å²) in [6.45, 7) is 2.09. The molecule has 1 aromatic carbocycles. The third-order valence-electron chi connectivity index (χ3n) is 2.64. The predicted molar refractivity (Wildman–Crippen MR) is 68.0 cm³/mol. The number of nitrogens with zero attached hydrogens (tertiary/aromatic N) is 2. The van der Waals surface area contributed by atoms with Crippen LogP contribution in [0.1, 0.15) is 0 Å². The number of benzene rings is 1. The molecule has 1 aromatic rings. The van der Waals surface area contributed by atoms with E-state index in [1.54, 1.807) is 13.2 Å². The highest BCUT2D eigenvalue weighted by atomic mass is 32.2. The molecular weight excluding hydrogens is 224 g/mol. The zero-order valence-corrected chi connectivity index (χ0v) is 10.00. The van der Waals surface area contributed by atoms with Gasteiger partial charge in [-0.3, -0.25) is 0 Å². The zero-order valence-electron chi connectivity index (χ0n) is 9.18. The number of hydrogen-bond acceptors (Lipinski definition) is 5. The molecule has 1 fully saturated rings. The van der Waals surface area contributed by atoms with E-state index in [2.05, 4.69) is 10.1 Å². The van der Waals surface area contributed by atoms with Gasteiger partial charge in [0.15, 0.2) is 0 Å². The first kappa shape index (κ1) is 11.3. The van der Waals surface area contributed by atoms with Crippen LogP contribution in [0.5, 0.6) is 5.75 Å². The van der Waals surface area contributed by atoms with Crippen LogP contribution in [0, 0.1) is 4.91 Å². The summed E-state index contributed by atoms with van der Waals surface area (Å²) in [6, 6.07) is 5.52. The smallest absolute Gasteiger partial charge is 0.150 e. The lowest BCUT2D eigenvalue weighted by Gasteiger charge is -2.28. The van der Waals surface area contributed by atoms with Gasteiger partial charge in [-0.25, -0.2) is 0 Å². The fourth-order valence-corrected chi connectivity index (χ4v) is 2.66. The van der Waals surface area contributed by atoms with E-state index in [-0.39, 0.29) is 0 Å². The number of ether oxygens (including phenoxy) is 1. The summed E-state index contributed by atoms with van der Waals surface area (Å²) in [6.07, 6.45) is 0. The molecule has 86 valence electrons. The average Bonchev–Trinajstić information content (AvgIpc) is 2.39. The van der Waals surface area contributed by atoms with Crippen molar-refractivity contribution in [1.29, 1.82) is 0 Å². The monoisotopic (exact) mass is 238 g/mol. The van der Waals surface area contributed by atoms with Crippen molar-refractivity contribution in [2.45, 2.75) is 0 Å². The quantitative estimate of drug-likeness (QED) is 0.759. The Kier molecular flexibility index (Phi) is 3.66. The lowest BCUT2D eigenvalue weighted by Crippen LogP contribution is -2.32. The maximum Gasteiger partial charge on any atom is 0.150 e. The maximum atomic E-state index is 10.5. The van der Waals surface area contributed by atoms with Crippen LogP contribution >= 0.6 is 11.8 Å². The Labute approximate surface area is 98.9 Å². The molecule has 1 heterocycles. The van der Waals surface area contributed by atoms with E-state index < -0.39 is 0 Å². The van der Waals surface area contributed by atoms with Crippen LogP contribution < -0.4 is 9.64 Å². The number of methoxy groups -OCH3 is 1. The van der Waals surface area contributed by atoms with Gasteiger partial charge >= 0.3 is 0 Å². The summed E-state index contributed by atoms with van der Waals surface area (Å²) < 4.78 is 5.14. The molecule has 0 spiro atoms. The van der Waals surface area contributed by atoms with Crippen LogP contribution in [0.4, 0.5) is 11.4 Å². The Morgan fingerprint density at radius 2 is 2.12 bits per heavy atom. The highest BCUT2D eigenvalue weighted by Crippen LogP contribution is 2.32. The van der Waals surface area contributed by atoms with E-state index in [0.717, 1.165) is 30.3 Å². The minimum Gasteiger partial charge on any atom is -0.494 e. The van der Waals surface area contributed by atoms with Crippen molar-refractivity contribution in [2.24, 2.45) is 5.18 Å². The van der Waals surface area contributed by atoms with Crippen LogP contribution in [0.2, 0.25) is 0 Å². The van der Waals surface area contributed by atoms with Crippen LogP contribution in [0.3, 0.4) is 0 Å². The fourth-order valence-electron chi connectivity index (χ4n) is 1.76. The number of nitroso groups, excluding NO2 is 1. The SMILES string of the molecule is COc1cc(N2CCSCC2)ccc1N=O. The second kappa shape index (κ2) is 5.21. The fraction of sp³-hybridized carbons (Fsp3) is 0.455. The van der Waals surface area contributed by atoms with Gasteiger partial charge in [-0.05, 0) is 17.3 Å². The molecule has 0 N–H and O–H groups in total. The first-order valence-corrected chi connectivity index (χ1v) is 6.34. The van der Waals surface area contributed by atoms with Gasteiger partial charge in [-0.15, -0.1) is 4.91 Å². The normalized spacial score (nSPS) is 15.9. The molecule has 0 bridgehead atoms. The minimum absolute atomic E-state index is 0.359. The second-order valence-electron chi connectivity index (χ2n) is 3.55. The van der Waals surface area contributed by atoms with Gasteiger partial charge in [-0.2, -0.15) is 11.8 Å². The Bertz CT molecular complexity index is 378. The second-order valence-corrected chi connectivity index (χ2v) is 4.77. The Morgan fingerprint density at radius 3 is 2.75 bits per heavy atom. The maximum absolute atomic E-state index is 10.5. The molecule has 0 saturated carbocycles. The Morgan fingerprint density at radius 1 is 1.38 bits per heavy atom. The molecule has 0 aliphatic carbocycles. The summed E-state index contributed by atoms with van der Waals surface area (Å²) in [5.74, 6) is 2.84. The van der Waals surface area contributed by atoms with E-state index in [4.69, 9.17) is 4.74 Å². The largest absolute Gasteiger partial charge is 0.494 e. The molecule has 0 atom stereocenters. The van der Waals surface area contributed by atoms with Crippen LogP contribution in [-0.4, -0.2) is 31.7 Å². The summed E-state index contributed by atoms with van der Waals surface area (Å²) in [5.41, 5.74) is 1.46. The highest BCUT2D eigenvalue weighted by molar-refractivity contribution is 7.99. The number of hydrogen-bond donors (Lipinski definition) is 0. The molecule has 2 rings (SSSR count). The average molecular weight is 238 g/mol. The molecule has 0 amide bonds. The highest BCUT2D eigenvalue weighted by Gasteiger charge is 2.13. The number of rotatable bonds is 3. The molecule has 1 aliphatic heterocycles. The molecule has 0 radical (unpaired) electrons. The standard InChI is InChI=1S/C11H14N2O2S/c1-15-11-8-9(2-3-10(11)12-14)13-4-6-16-7-5-13/h2-3,8H,4-7H2,1H3. The van der Waals surface area contributed by atoms with Crippen molar-refractivity contribution < 1.29 is 4.74 Å². The topological polar surface area (TPSA) is 41.9 Å². The van der Waals surface area contributed by atoms with E-state index in [1.165, 1.54) is 0 Å². The third-order valence-corrected chi connectivity index (χ3v) is 3.58. The van der Waals surface area contributed by atoms with Gasteiger partial charge in [0.2, 0.25) is 0 Å². The first-order valence-electron chi connectivity index (χ1n) is 5.19. The molecule has 4 nitrogen and oxygen atoms in total. The van der Waals surface area contributed by atoms with Crippen molar-refractivity contribution in [2.75, 3.05) is 36.6 Å². The van der Waals surface area contributed by atoms with Crippen molar-refractivity contribution in [3.05, 3.63) is 23.1 Å². The van der Waals surface area contributed by atoms with Crippen molar-refractivity contribution in [3.63, 3.8) is 0 Å². The summed E-state index contributed by atoms with van der Waals surface area (Å²) >= 11 is 1.97. The minimum atomic E-state index is 0.359. The van der Waals surface area contributed by atoms with E-state index >= 15 is 0 Å². The van der Waals surface area contributed by atoms with E-state index in [1.807, 2.05) is 23.9 Å². The van der Waals surface area contributed by atoms with Gasteiger partial charge in [0.25, 0.3) is 0 Å². The van der Waals surface area contributed by atoms with Crippen LogP contribution in [-0.2, 0) is 0 Å². The predicted octanol–water partition coefficient (Wildman–Crippen LogP) is 2.65. The first-order chi connectivity index (χ1) is 7.85. The van der Waals surface area contributed by atoms with Gasteiger partial charge in [0, 0.05) is 36.3 Å². The Hall–Kier alpha value is -1.23. The lowest BCUT2D eigenvalue weighted by atomic mass is 10.2. The molecule has 5 heteroatoms. The summed E-state index contributed by atoms with van der Waals surface area (Å²) in [5, 5.41) is 2.93. The summed E-state index contributed by atoms with van der Waals surface area (Å²) in [4.78, 5) is 12.8. The van der Waals surface area contributed by atoms with E-state index in [9.17, 15) is 4.91 Å². The number of anilines is 1.